The Bertz CT molecular complexity index is 2340. The Kier molecular flexibility index (Phi) is 17.9. The van der Waals surface area contributed by atoms with Gasteiger partial charge in [0.15, 0.2) is 17.3 Å². The molecule has 0 saturated carbocycles. The molecule has 0 amide bonds. The van der Waals surface area contributed by atoms with Crippen molar-refractivity contribution in [2.24, 2.45) is 0 Å². The molecule has 3 aromatic rings. The molecule has 3 aliphatic carbocycles. The second-order valence-corrected chi connectivity index (χ2v) is 14.8. The van der Waals surface area contributed by atoms with E-state index in [0.717, 1.165) is 0 Å². The first-order valence-electron chi connectivity index (χ1n) is 21.1. The van der Waals surface area contributed by atoms with E-state index in [9.17, 15) is 38.7 Å². The smallest absolute Gasteiger partial charge is 0.305 e. The molecule has 3 aliphatic rings. The van der Waals surface area contributed by atoms with Crippen LogP contribution < -0.4 is 14.2 Å². The third-order valence-electron chi connectivity index (χ3n) is 10.4. The van der Waals surface area contributed by atoms with Crippen molar-refractivity contribution in [1.82, 2.24) is 0 Å². The molecule has 1 unspecified atom stereocenters. The van der Waals surface area contributed by atoms with E-state index in [0.29, 0.717) is 83.1 Å². The fourth-order valence-corrected chi connectivity index (χ4v) is 6.98. The van der Waals surface area contributed by atoms with E-state index in [1.165, 1.54) is 47.7 Å². The number of esters is 4. The van der Waals surface area contributed by atoms with Gasteiger partial charge in [-0.05, 0) is 98.5 Å². The van der Waals surface area contributed by atoms with Gasteiger partial charge < -0.3 is 47.7 Å². The quantitative estimate of drug-likeness (QED) is 0.0448. The molecule has 0 heterocycles. The molecular formula is C49H52O17. The van der Waals surface area contributed by atoms with Crippen LogP contribution in [0.25, 0.3) is 5.76 Å². The van der Waals surface area contributed by atoms with Gasteiger partial charge in [0.2, 0.25) is 5.79 Å². The average Bonchev–Trinajstić information content (AvgIpc) is 3.33. The van der Waals surface area contributed by atoms with Gasteiger partial charge >= 0.3 is 23.9 Å². The van der Waals surface area contributed by atoms with Crippen molar-refractivity contribution in [2.45, 2.75) is 57.2 Å². The normalized spacial score (nSPS) is 15.4. The number of allylic oxidation sites excluding steroid dienone is 3. The molecule has 0 fully saturated rings. The lowest BCUT2D eigenvalue weighted by atomic mass is 9.81. The lowest BCUT2D eigenvalue weighted by Crippen LogP contribution is -2.32. The predicted molar refractivity (Wildman–Crippen MR) is 234 cm³/mol. The number of benzene rings is 3. The monoisotopic (exact) mass is 912 g/mol. The number of aliphatic hydroxyl groups is 1. The first-order chi connectivity index (χ1) is 31.8. The zero-order valence-electron chi connectivity index (χ0n) is 37.4. The summed E-state index contributed by atoms with van der Waals surface area (Å²) < 4.78 is 46.5. The van der Waals surface area contributed by atoms with Crippen molar-refractivity contribution >= 4 is 47.0 Å². The maximum atomic E-state index is 13.2. The van der Waals surface area contributed by atoms with Crippen LogP contribution in [-0.4, -0.2) is 114 Å². The molecule has 0 radical (unpaired) electrons. The molecule has 1 atom stereocenters. The van der Waals surface area contributed by atoms with Crippen molar-refractivity contribution < 1.29 is 81.3 Å². The van der Waals surface area contributed by atoms with E-state index in [1.807, 2.05) is 0 Å². The Morgan fingerprint density at radius 1 is 0.500 bits per heavy atom. The van der Waals surface area contributed by atoms with Crippen molar-refractivity contribution in [2.75, 3.05) is 62.0 Å². The topological polar surface area (TPSA) is 223 Å². The summed E-state index contributed by atoms with van der Waals surface area (Å²) in [5, 5.41) is 10.8. The minimum Gasteiger partial charge on any atom is -0.495 e. The number of ketones is 3. The molecule has 0 spiro atoms. The lowest BCUT2D eigenvalue weighted by molar-refractivity contribution is -0.145. The third kappa shape index (κ3) is 12.8. The van der Waals surface area contributed by atoms with Gasteiger partial charge in [0.05, 0.1) is 62.0 Å². The molecule has 0 aliphatic heterocycles. The predicted octanol–water partition coefficient (Wildman–Crippen LogP) is 5.85. The Morgan fingerprint density at radius 3 is 1.27 bits per heavy atom. The van der Waals surface area contributed by atoms with Crippen LogP contribution in [0.5, 0.6) is 17.2 Å². The first-order valence-corrected chi connectivity index (χ1v) is 21.1. The molecular weight excluding hydrogens is 861 g/mol. The van der Waals surface area contributed by atoms with Crippen molar-refractivity contribution in [1.29, 1.82) is 0 Å². The Morgan fingerprint density at radius 2 is 0.879 bits per heavy atom. The van der Waals surface area contributed by atoms with E-state index in [-0.39, 0.29) is 103 Å². The maximum absolute atomic E-state index is 13.2. The summed E-state index contributed by atoms with van der Waals surface area (Å²) in [7, 11) is 6.80. The third-order valence-corrected chi connectivity index (χ3v) is 10.4. The first kappa shape index (κ1) is 49.9. The number of hydrogen-bond donors (Lipinski definition) is 1. The van der Waals surface area contributed by atoms with Gasteiger partial charge in [-0.3, -0.25) is 33.6 Å². The van der Waals surface area contributed by atoms with Crippen LogP contribution in [0.1, 0.15) is 99.1 Å². The molecule has 0 saturated heterocycles. The van der Waals surface area contributed by atoms with Gasteiger partial charge in [-0.25, -0.2) is 0 Å². The average molecular weight is 913 g/mol. The molecule has 0 aromatic heterocycles. The van der Waals surface area contributed by atoms with Crippen LogP contribution in [0.15, 0.2) is 84.0 Å². The number of hydrogen-bond acceptors (Lipinski definition) is 17. The van der Waals surface area contributed by atoms with E-state index >= 15 is 0 Å². The number of carbonyl (C=O) groups is 7. The minimum atomic E-state index is -1.79. The Balaban J connectivity index is 0.000000248. The van der Waals surface area contributed by atoms with Crippen LogP contribution in [-0.2, 0) is 47.6 Å². The van der Waals surface area contributed by atoms with Gasteiger partial charge in [-0.15, -0.1) is 0 Å². The summed E-state index contributed by atoms with van der Waals surface area (Å²) in [6.07, 6.45) is 7.04. The number of Topliss-reactive ketones (excluding diaryl/α,β-unsaturated/α-hetero) is 1. The van der Waals surface area contributed by atoms with Crippen LogP contribution in [0, 0.1) is 0 Å². The molecule has 3 aromatic carbocycles. The van der Waals surface area contributed by atoms with Gasteiger partial charge in [0, 0.05) is 70.2 Å². The highest BCUT2D eigenvalue weighted by molar-refractivity contribution is 6.28. The van der Waals surface area contributed by atoms with E-state index in [2.05, 4.69) is 18.9 Å². The van der Waals surface area contributed by atoms with Gasteiger partial charge in [-0.1, -0.05) is 0 Å². The van der Waals surface area contributed by atoms with Crippen LogP contribution in [0.3, 0.4) is 0 Å². The maximum Gasteiger partial charge on any atom is 0.305 e. The SMILES string of the molecule is COC(=O)CCCOc1ccc2c(c1)C(=O)c1ccc(OCCCC(=O)OC)cc1C2=O.COC(=O)CCCOc1ccc2c(c1)C(OC)=C1C=CC(O)(OCCCC(=O)OC)C=C1C2=O. The molecule has 350 valence electrons. The van der Waals surface area contributed by atoms with Crippen LogP contribution in [0.2, 0.25) is 0 Å². The van der Waals surface area contributed by atoms with E-state index in [4.69, 9.17) is 23.7 Å². The Labute approximate surface area is 381 Å². The van der Waals surface area contributed by atoms with Gasteiger partial charge in [0.1, 0.15) is 23.0 Å². The summed E-state index contributed by atoms with van der Waals surface area (Å²) in [5.41, 5.74) is 2.90. The fourth-order valence-electron chi connectivity index (χ4n) is 6.98. The number of rotatable bonds is 21. The molecule has 1 N–H and O–H groups in total. The summed E-state index contributed by atoms with van der Waals surface area (Å²) in [5.74, 6) is -2.03. The molecule has 17 nitrogen and oxygen atoms in total. The van der Waals surface area contributed by atoms with Crippen molar-refractivity contribution in [3.63, 3.8) is 0 Å². The van der Waals surface area contributed by atoms with Crippen LogP contribution in [0.4, 0.5) is 0 Å². The van der Waals surface area contributed by atoms with Crippen molar-refractivity contribution in [3.05, 3.63) is 117 Å². The van der Waals surface area contributed by atoms with Gasteiger partial charge in [-0.2, -0.15) is 0 Å². The largest absolute Gasteiger partial charge is 0.495 e. The minimum absolute atomic E-state index is 0.0946. The summed E-state index contributed by atoms with van der Waals surface area (Å²) in [4.78, 5) is 84.0. The fraction of sp³-hybridized carbons (Fsp3) is 0.367. The highest BCUT2D eigenvalue weighted by atomic mass is 16.6. The highest BCUT2D eigenvalue weighted by Crippen LogP contribution is 2.41. The summed E-state index contributed by atoms with van der Waals surface area (Å²) in [6, 6.07) is 14.5. The number of methoxy groups -OCH3 is 5. The second kappa shape index (κ2) is 23.7. The summed E-state index contributed by atoms with van der Waals surface area (Å²) in [6.45, 7) is 0.968. The standard InChI is InChI=1S/C25H28O9.C24H24O8/c1-30-21(26)6-4-12-33-16-8-9-17-19(14-16)24(32-3)18-10-11-25(29,15-20(18)23(17)28)34-13-5-7-22(27)31-2;1-29-21(25)5-3-11-31-15-7-9-17-19(13-15)23(27)18-10-8-16(14-20(18)24(17)28)32-12-4-6-22(26)30-2/h8-11,14-15,29H,4-7,12-13H2,1-3H3;7-10,13-14H,3-6,11-12H2,1-2H3. The number of carbonyl (C=O) groups excluding carboxylic acids is 7. The highest BCUT2D eigenvalue weighted by Gasteiger charge is 2.37. The van der Waals surface area contributed by atoms with Crippen LogP contribution >= 0.6 is 0 Å². The number of fused-ring (bicyclic) bond motifs is 4. The number of ether oxygens (including phenoxy) is 9. The lowest BCUT2D eigenvalue weighted by Gasteiger charge is -2.30. The zero-order chi connectivity index (χ0) is 47.8. The molecule has 6 rings (SSSR count). The zero-order valence-corrected chi connectivity index (χ0v) is 37.4. The summed E-state index contributed by atoms with van der Waals surface area (Å²) >= 11 is 0. The van der Waals surface area contributed by atoms with Crippen molar-refractivity contribution in [3.8, 4) is 17.2 Å². The molecule has 17 heteroatoms. The Hall–Kier alpha value is -7.11. The molecule has 0 bridgehead atoms. The van der Waals surface area contributed by atoms with Gasteiger partial charge in [0.25, 0.3) is 0 Å². The van der Waals surface area contributed by atoms with E-state index in [1.54, 1.807) is 60.7 Å². The molecule has 66 heavy (non-hydrogen) atoms. The van der Waals surface area contributed by atoms with E-state index < -0.39 is 5.79 Å². The second-order valence-electron chi connectivity index (χ2n) is 14.8.